The Bertz CT molecular complexity index is 1060. The molecule has 8 heteroatoms. The summed E-state index contributed by atoms with van der Waals surface area (Å²) in [6, 6.07) is 4.99. The number of aryl methyl sites for hydroxylation is 2. The van der Waals surface area contributed by atoms with Gasteiger partial charge in [-0.15, -0.1) is 0 Å². The summed E-state index contributed by atoms with van der Waals surface area (Å²) in [6.07, 6.45) is 3.41. The lowest BCUT2D eigenvalue weighted by Gasteiger charge is -2.33. The van der Waals surface area contributed by atoms with Gasteiger partial charge in [0.25, 0.3) is 5.91 Å². The molecule has 0 spiro atoms. The lowest BCUT2D eigenvalue weighted by Crippen LogP contribution is -2.42. The third kappa shape index (κ3) is 3.16. The van der Waals surface area contributed by atoms with Gasteiger partial charge in [0, 0.05) is 30.9 Å². The van der Waals surface area contributed by atoms with Crippen LogP contribution in [-0.4, -0.2) is 38.2 Å². The van der Waals surface area contributed by atoms with Gasteiger partial charge in [0.15, 0.2) is 5.58 Å². The summed E-state index contributed by atoms with van der Waals surface area (Å²) in [5.74, 6) is -0.461. The molecule has 4 rings (SSSR count). The number of aromatic nitrogens is 3. The highest BCUT2D eigenvalue weighted by Gasteiger charge is 2.29. The van der Waals surface area contributed by atoms with Crippen molar-refractivity contribution in [3.63, 3.8) is 0 Å². The molecule has 1 atom stereocenters. The van der Waals surface area contributed by atoms with E-state index >= 15 is 0 Å². The number of rotatable bonds is 3. The van der Waals surface area contributed by atoms with Crippen LogP contribution in [0.3, 0.4) is 0 Å². The molecule has 2 aromatic heterocycles. The molecule has 1 fully saturated rings. The van der Waals surface area contributed by atoms with E-state index < -0.39 is 5.76 Å². The Labute approximate surface area is 161 Å². The number of hydrogen-bond acceptors (Lipinski definition) is 4. The van der Waals surface area contributed by atoms with E-state index in [4.69, 9.17) is 16.0 Å². The molecule has 3 heterocycles. The Hall–Kier alpha value is -2.54. The van der Waals surface area contributed by atoms with Gasteiger partial charge in [0.2, 0.25) is 0 Å². The first-order chi connectivity index (χ1) is 13.0. The summed E-state index contributed by atoms with van der Waals surface area (Å²) in [5, 5.41) is 4.91. The van der Waals surface area contributed by atoms with Crippen molar-refractivity contribution in [1.29, 1.82) is 0 Å². The summed E-state index contributed by atoms with van der Waals surface area (Å²) in [7, 11) is 0. The molecule has 1 aromatic carbocycles. The number of piperidine rings is 1. The van der Waals surface area contributed by atoms with Crippen molar-refractivity contribution in [2.75, 3.05) is 13.1 Å². The summed E-state index contributed by atoms with van der Waals surface area (Å²) < 4.78 is 8.75. The van der Waals surface area contributed by atoms with Crippen LogP contribution in [0.15, 0.2) is 33.6 Å². The van der Waals surface area contributed by atoms with Gasteiger partial charge in [0.1, 0.15) is 0 Å². The quantitative estimate of drug-likeness (QED) is 0.690. The summed E-state index contributed by atoms with van der Waals surface area (Å²) in [5.41, 5.74) is 2.52. The molecule has 7 nitrogen and oxygen atoms in total. The fourth-order valence-electron chi connectivity index (χ4n) is 3.76. The molecule has 1 aliphatic heterocycles. The van der Waals surface area contributed by atoms with Crippen LogP contribution in [0, 0.1) is 6.92 Å². The minimum Gasteiger partial charge on any atom is -0.408 e. The van der Waals surface area contributed by atoms with E-state index in [1.54, 1.807) is 38.5 Å². The number of oxazole rings is 1. The Morgan fingerprint density at radius 1 is 1.41 bits per heavy atom. The fraction of sp³-hybridized carbons (Fsp3) is 0.421. The van der Waals surface area contributed by atoms with E-state index in [-0.39, 0.29) is 11.9 Å². The molecule has 3 aromatic rings. The van der Waals surface area contributed by atoms with E-state index in [1.807, 2.05) is 13.8 Å². The number of nitrogens with zero attached hydrogens (tertiary/aromatic N) is 4. The lowest BCUT2D eigenvalue weighted by molar-refractivity contribution is 0.0677. The zero-order valence-electron chi connectivity index (χ0n) is 15.3. The average molecular weight is 389 g/mol. The molecular weight excluding hydrogens is 368 g/mol. The maximum Gasteiger partial charge on any atom is 0.420 e. The molecule has 1 amide bonds. The van der Waals surface area contributed by atoms with E-state index in [2.05, 4.69) is 5.10 Å². The van der Waals surface area contributed by atoms with Crippen molar-refractivity contribution in [3.8, 4) is 0 Å². The fourth-order valence-corrected chi connectivity index (χ4v) is 3.93. The average Bonchev–Trinajstić information content (AvgIpc) is 3.19. The molecular formula is C19H21ClN4O3. The van der Waals surface area contributed by atoms with Crippen molar-refractivity contribution in [3.05, 3.63) is 51.2 Å². The number of carbonyl (C=O) groups is 1. The largest absolute Gasteiger partial charge is 0.420 e. The van der Waals surface area contributed by atoms with Gasteiger partial charge in [-0.2, -0.15) is 5.10 Å². The number of fused-ring (bicyclic) bond motifs is 1. The summed E-state index contributed by atoms with van der Waals surface area (Å²) >= 11 is 6.10. The van der Waals surface area contributed by atoms with Crippen LogP contribution in [-0.2, 0) is 6.54 Å². The minimum absolute atomic E-state index is 0.0456. The van der Waals surface area contributed by atoms with E-state index in [1.165, 1.54) is 0 Å². The van der Waals surface area contributed by atoms with Crippen LogP contribution in [0.1, 0.15) is 41.9 Å². The number of carbonyl (C=O) groups excluding carboxylic acids is 1. The molecule has 0 unspecified atom stereocenters. The Morgan fingerprint density at radius 2 is 2.22 bits per heavy atom. The molecule has 0 bridgehead atoms. The number of likely N-dealkylation sites (tertiary alicyclic amines) is 1. The topological polar surface area (TPSA) is 73.3 Å². The predicted octanol–water partition coefficient (Wildman–Crippen LogP) is 3.25. The van der Waals surface area contributed by atoms with Gasteiger partial charge in [-0.05, 0) is 44.9 Å². The summed E-state index contributed by atoms with van der Waals surface area (Å²) in [6.45, 7) is 5.66. The zero-order valence-corrected chi connectivity index (χ0v) is 16.1. The first-order valence-electron chi connectivity index (χ1n) is 9.12. The lowest BCUT2D eigenvalue weighted by atomic mass is 10.0. The molecule has 27 heavy (non-hydrogen) atoms. The van der Waals surface area contributed by atoms with Crippen molar-refractivity contribution < 1.29 is 9.21 Å². The Balaban J connectivity index is 1.64. The monoisotopic (exact) mass is 388 g/mol. The molecule has 1 aliphatic rings. The smallest absolute Gasteiger partial charge is 0.408 e. The van der Waals surface area contributed by atoms with Crippen LogP contribution in [0.5, 0.6) is 0 Å². The van der Waals surface area contributed by atoms with Crippen molar-refractivity contribution in [2.24, 2.45) is 0 Å². The van der Waals surface area contributed by atoms with E-state index in [9.17, 15) is 9.59 Å². The highest BCUT2D eigenvalue weighted by molar-refractivity contribution is 6.31. The predicted molar refractivity (Wildman–Crippen MR) is 102 cm³/mol. The third-order valence-corrected chi connectivity index (χ3v) is 5.36. The standard InChI is InChI=1S/C19H21ClN4O3/c1-3-23-11-15(12(2)21-23)18(25)22-8-4-5-14(10-22)24-16-9-13(20)6-7-17(16)27-19(24)26/h6-7,9,11,14H,3-5,8,10H2,1-2H3/t14-/m0/s1. The minimum atomic E-state index is -0.415. The first-order valence-corrected chi connectivity index (χ1v) is 9.49. The van der Waals surface area contributed by atoms with E-state index in [0.717, 1.165) is 18.5 Å². The van der Waals surface area contributed by atoms with Gasteiger partial charge in [0.05, 0.1) is 22.8 Å². The highest BCUT2D eigenvalue weighted by Crippen LogP contribution is 2.27. The summed E-state index contributed by atoms with van der Waals surface area (Å²) in [4.78, 5) is 27.2. The van der Waals surface area contributed by atoms with Crippen molar-refractivity contribution in [2.45, 2.75) is 39.3 Å². The van der Waals surface area contributed by atoms with E-state index in [0.29, 0.717) is 41.3 Å². The molecule has 0 aliphatic carbocycles. The molecule has 0 radical (unpaired) electrons. The van der Waals surface area contributed by atoms with Gasteiger partial charge in [-0.1, -0.05) is 11.6 Å². The molecule has 1 saturated heterocycles. The Kier molecular flexibility index (Phi) is 4.55. The molecule has 0 saturated carbocycles. The molecule has 0 N–H and O–H groups in total. The van der Waals surface area contributed by atoms with Crippen LogP contribution in [0.25, 0.3) is 11.1 Å². The van der Waals surface area contributed by atoms with Crippen LogP contribution in [0.2, 0.25) is 5.02 Å². The normalized spacial score (nSPS) is 17.6. The number of hydrogen-bond donors (Lipinski definition) is 0. The van der Waals surface area contributed by atoms with Crippen molar-refractivity contribution in [1.82, 2.24) is 19.2 Å². The van der Waals surface area contributed by atoms with Gasteiger partial charge in [-0.25, -0.2) is 4.79 Å². The maximum atomic E-state index is 13.0. The third-order valence-electron chi connectivity index (χ3n) is 5.12. The van der Waals surface area contributed by atoms with Crippen LogP contribution < -0.4 is 5.76 Å². The number of benzene rings is 1. The number of amides is 1. The zero-order chi connectivity index (χ0) is 19.1. The first kappa shape index (κ1) is 17.9. The molecule has 142 valence electrons. The second kappa shape index (κ2) is 6.88. The second-order valence-electron chi connectivity index (χ2n) is 6.88. The van der Waals surface area contributed by atoms with Gasteiger partial charge < -0.3 is 9.32 Å². The van der Waals surface area contributed by atoms with Crippen molar-refractivity contribution >= 4 is 28.6 Å². The van der Waals surface area contributed by atoms with Crippen LogP contribution in [0.4, 0.5) is 0 Å². The SMILES string of the molecule is CCn1cc(C(=O)N2CCC[C@H](n3c(=O)oc4ccc(Cl)cc43)C2)c(C)n1. The van der Waals surface area contributed by atoms with Gasteiger partial charge in [-0.3, -0.25) is 14.0 Å². The Morgan fingerprint density at radius 3 is 2.96 bits per heavy atom. The number of halogens is 1. The van der Waals surface area contributed by atoms with Gasteiger partial charge >= 0.3 is 5.76 Å². The van der Waals surface area contributed by atoms with Crippen LogP contribution >= 0.6 is 11.6 Å². The maximum absolute atomic E-state index is 13.0. The second-order valence-corrected chi connectivity index (χ2v) is 7.32. The highest BCUT2D eigenvalue weighted by atomic mass is 35.5.